The molecule has 0 aliphatic carbocycles. The molecular formula is C13H22N4O3. The smallest absolute Gasteiger partial charge is 0.358 e. The van der Waals surface area contributed by atoms with Gasteiger partial charge in [0, 0.05) is 6.54 Å². The van der Waals surface area contributed by atoms with Crippen molar-refractivity contribution < 1.29 is 14.7 Å². The lowest BCUT2D eigenvalue weighted by Crippen LogP contribution is -2.28. The summed E-state index contributed by atoms with van der Waals surface area (Å²) in [7, 11) is 0. The van der Waals surface area contributed by atoms with Gasteiger partial charge in [-0.05, 0) is 6.42 Å². The molecule has 0 bridgehead atoms. The molecule has 0 spiro atoms. The maximum absolute atomic E-state index is 11.6. The Hall–Kier alpha value is -1.92. The third-order valence-electron chi connectivity index (χ3n) is 2.92. The van der Waals surface area contributed by atoms with Crippen LogP contribution in [0.2, 0.25) is 0 Å². The summed E-state index contributed by atoms with van der Waals surface area (Å²) in [6, 6.07) is 0. The number of carbonyl (C=O) groups is 2. The zero-order valence-electron chi connectivity index (χ0n) is 11.8. The van der Waals surface area contributed by atoms with E-state index < -0.39 is 5.97 Å². The monoisotopic (exact) mass is 282 g/mol. The second-order valence-corrected chi connectivity index (χ2v) is 4.72. The van der Waals surface area contributed by atoms with Crippen LogP contribution >= 0.6 is 0 Å². The zero-order valence-corrected chi connectivity index (χ0v) is 11.8. The second-order valence-electron chi connectivity index (χ2n) is 4.72. The SMILES string of the molecule is CCCCCCCCNC(=O)Cn1cc(C(=O)O)nn1. The molecule has 0 atom stereocenters. The van der Waals surface area contributed by atoms with Gasteiger partial charge >= 0.3 is 5.97 Å². The number of nitrogens with one attached hydrogen (secondary N) is 1. The number of aromatic nitrogens is 3. The third kappa shape index (κ3) is 6.31. The molecule has 1 aromatic rings. The molecule has 20 heavy (non-hydrogen) atoms. The number of rotatable bonds is 10. The van der Waals surface area contributed by atoms with Gasteiger partial charge in [-0.15, -0.1) is 5.10 Å². The van der Waals surface area contributed by atoms with Crippen LogP contribution in [0.3, 0.4) is 0 Å². The molecule has 0 fully saturated rings. The Labute approximate surface area is 118 Å². The van der Waals surface area contributed by atoms with Crippen molar-refractivity contribution in [2.24, 2.45) is 0 Å². The van der Waals surface area contributed by atoms with E-state index in [9.17, 15) is 9.59 Å². The largest absolute Gasteiger partial charge is 0.476 e. The van der Waals surface area contributed by atoms with Gasteiger partial charge in [-0.25, -0.2) is 9.48 Å². The predicted molar refractivity (Wildman–Crippen MR) is 73.4 cm³/mol. The van der Waals surface area contributed by atoms with Gasteiger partial charge in [-0.2, -0.15) is 0 Å². The van der Waals surface area contributed by atoms with Crippen LogP contribution in [0.1, 0.15) is 55.9 Å². The van der Waals surface area contributed by atoms with Crippen molar-refractivity contribution in [3.05, 3.63) is 11.9 Å². The van der Waals surface area contributed by atoms with Gasteiger partial charge in [-0.3, -0.25) is 4.79 Å². The highest BCUT2D eigenvalue weighted by Gasteiger charge is 2.10. The van der Waals surface area contributed by atoms with Gasteiger partial charge in [0.25, 0.3) is 0 Å². The maximum atomic E-state index is 11.6. The van der Waals surface area contributed by atoms with E-state index in [4.69, 9.17) is 5.11 Å². The molecule has 7 heteroatoms. The molecule has 1 aromatic heterocycles. The Kier molecular flexibility index (Phi) is 7.31. The van der Waals surface area contributed by atoms with E-state index >= 15 is 0 Å². The molecule has 0 aliphatic heterocycles. The fourth-order valence-electron chi connectivity index (χ4n) is 1.81. The van der Waals surface area contributed by atoms with E-state index in [0.717, 1.165) is 12.8 Å². The summed E-state index contributed by atoms with van der Waals surface area (Å²) in [4.78, 5) is 22.2. The van der Waals surface area contributed by atoms with Gasteiger partial charge in [0.1, 0.15) is 6.54 Å². The van der Waals surface area contributed by atoms with Gasteiger partial charge in [0.15, 0.2) is 5.69 Å². The lowest BCUT2D eigenvalue weighted by molar-refractivity contribution is -0.121. The molecule has 0 aliphatic rings. The van der Waals surface area contributed by atoms with Crippen molar-refractivity contribution >= 4 is 11.9 Å². The highest BCUT2D eigenvalue weighted by atomic mass is 16.4. The van der Waals surface area contributed by atoms with Gasteiger partial charge in [0.05, 0.1) is 6.20 Å². The van der Waals surface area contributed by atoms with Crippen LogP contribution in [0.15, 0.2) is 6.20 Å². The van der Waals surface area contributed by atoms with Crippen LogP contribution in [0, 0.1) is 0 Å². The van der Waals surface area contributed by atoms with E-state index in [1.807, 2.05) is 0 Å². The minimum atomic E-state index is -1.15. The first-order valence-electron chi connectivity index (χ1n) is 7.03. The Balaban J connectivity index is 2.12. The summed E-state index contributed by atoms with van der Waals surface area (Å²) in [5, 5.41) is 18.5. The molecule has 1 heterocycles. The molecule has 0 unspecified atom stereocenters. The standard InChI is InChI=1S/C13H22N4O3/c1-2-3-4-5-6-7-8-14-12(18)10-17-9-11(13(19)20)15-16-17/h9H,2-8,10H2,1H3,(H,14,18)(H,19,20). The summed E-state index contributed by atoms with van der Waals surface area (Å²) in [6.07, 6.45) is 8.28. The first kappa shape index (κ1) is 16.1. The van der Waals surface area contributed by atoms with E-state index in [1.165, 1.54) is 36.6 Å². The van der Waals surface area contributed by atoms with E-state index in [2.05, 4.69) is 22.6 Å². The fourth-order valence-corrected chi connectivity index (χ4v) is 1.81. The van der Waals surface area contributed by atoms with Gasteiger partial charge in [-0.1, -0.05) is 44.2 Å². The Morgan fingerprint density at radius 1 is 1.25 bits per heavy atom. The normalized spacial score (nSPS) is 10.4. The number of carboxylic acid groups (broad SMARTS) is 1. The minimum Gasteiger partial charge on any atom is -0.476 e. The number of amides is 1. The van der Waals surface area contributed by atoms with Crippen molar-refractivity contribution in [3.8, 4) is 0 Å². The maximum Gasteiger partial charge on any atom is 0.358 e. The lowest BCUT2D eigenvalue weighted by Gasteiger charge is -2.04. The minimum absolute atomic E-state index is 0.00385. The molecule has 7 nitrogen and oxygen atoms in total. The van der Waals surface area contributed by atoms with Crippen LogP contribution in [0.25, 0.3) is 0 Å². The second kappa shape index (κ2) is 9.06. The molecule has 0 radical (unpaired) electrons. The number of hydrogen-bond donors (Lipinski definition) is 2. The number of aromatic carboxylic acids is 1. The van der Waals surface area contributed by atoms with E-state index in [1.54, 1.807) is 0 Å². The lowest BCUT2D eigenvalue weighted by atomic mass is 10.1. The average Bonchev–Trinajstić information content (AvgIpc) is 2.86. The van der Waals surface area contributed by atoms with Gasteiger partial charge < -0.3 is 10.4 Å². The Bertz CT molecular complexity index is 431. The van der Waals surface area contributed by atoms with Gasteiger partial charge in [0.2, 0.25) is 5.91 Å². The van der Waals surface area contributed by atoms with E-state index in [-0.39, 0.29) is 18.1 Å². The van der Waals surface area contributed by atoms with Crippen LogP contribution in [-0.2, 0) is 11.3 Å². The van der Waals surface area contributed by atoms with Crippen molar-refractivity contribution in [1.82, 2.24) is 20.3 Å². The van der Waals surface area contributed by atoms with Crippen molar-refractivity contribution in [2.75, 3.05) is 6.54 Å². The molecule has 112 valence electrons. The topological polar surface area (TPSA) is 97.1 Å². The third-order valence-corrected chi connectivity index (χ3v) is 2.92. The molecule has 1 amide bonds. The van der Waals surface area contributed by atoms with Crippen LogP contribution in [0.5, 0.6) is 0 Å². The van der Waals surface area contributed by atoms with Crippen molar-refractivity contribution in [1.29, 1.82) is 0 Å². The average molecular weight is 282 g/mol. The number of unbranched alkanes of at least 4 members (excludes halogenated alkanes) is 5. The highest BCUT2D eigenvalue weighted by molar-refractivity contribution is 5.84. The highest BCUT2D eigenvalue weighted by Crippen LogP contribution is 2.04. The first-order chi connectivity index (χ1) is 9.63. The van der Waals surface area contributed by atoms with Crippen molar-refractivity contribution in [2.45, 2.75) is 52.0 Å². The van der Waals surface area contributed by atoms with Crippen LogP contribution in [0.4, 0.5) is 0 Å². The predicted octanol–water partition coefficient (Wildman–Crippen LogP) is 1.45. The summed E-state index contributed by atoms with van der Waals surface area (Å²) in [6.45, 7) is 2.82. The molecule has 0 saturated carbocycles. The number of hydrogen-bond acceptors (Lipinski definition) is 4. The molecule has 0 aromatic carbocycles. The van der Waals surface area contributed by atoms with Crippen molar-refractivity contribution in [3.63, 3.8) is 0 Å². The zero-order chi connectivity index (χ0) is 14.8. The summed E-state index contributed by atoms with van der Waals surface area (Å²) < 4.78 is 1.22. The Morgan fingerprint density at radius 3 is 2.60 bits per heavy atom. The van der Waals surface area contributed by atoms with Crippen LogP contribution < -0.4 is 5.32 Å². The quantitative estimate of drug-likeness (QED) is 0.633. The summed E-state index contributed by atoms with van der Waals surface area (Å²) in [5.74, 6) is -1.33. The number of nitrogens with zero attached hydrogens (tertiary/aromatic N) is 3. The Morgan fingerprint density at radius 2 is 1.95 bits per heavy atom. The molecule has 0 saturated heterocycles. The van der Waals surface area contributed by atoms with Crippen LogP contribution in [-0.4, -0.2) is 38.5 Å². The summed E-state index contributed by atoms with van der Waals surface area (Å²) >= 11 is 0. The molecular weight excluding hydrogens is 260 g/mol. The number of carboxylic acids is 1. The van der Waals surface area contributed by atoms with E-state index in [0.29, 0.717) is 6.54 Å². The fraction of sp³-hybridized carbons (Fsp3) is 0.692. The molecule has 2 N–H and O–H groups in total. The first-order valence-corrected chi connectivity index (χ1v) is 7.03. The summed E-state index contributed by atoms with van der Waals surface area (Å²) in [5.41, 5.74) is -0.159. The molecule has 1 rings (SSSR count). The number of carbonyl (C=O) groups excluding carboxylic acids is 1.